The minimum Gasteiger partial charge on any atom is -0.0706 e. The molecule has 0 spiro atoms. The van der Waals surface area contributed by atoms with E-state index in [1.807, 2.05) is 0 Å². The maximum atomic E-state index is 2.44. The van der Waals surface area contributed by atoms with Crippen LogP contribution in [0.4, 0.5) is 0 Å². The topological polar surface area (TPSA) is 0 Å². The van der Waals surface area contributed by atoms with Crippen molar-refractivity contribution in [1.82, 2.24) is 0 Å². The minimum absolute atomic E-state index is 0.174. The van der Waals surface area contributed by atoms with Crippen molar-refractivity contribution >= 4 is 5.57 Å². The lowest BCUT2D eigenvalue weighted by atomic mass is 9.86. The standard InChI is InChI=1S/C21H24/c1-15-9-10-17-12-11-16-7-5-6-8-18(16)20(19(17)13-15)14-21(2,3)4/h5-10,13-14H,11-12H2,1-4H3/b20-14+. The van der Waals surface area contributed by atoms with Gasteiger partial charge in [-0.3, -0.25) is 0 Å². The number of aryl methyl sites for hydroxylation is 3. The summed E-state index contributed by atoms with van der Waals surface area (Å²) in [7, 11) is 0. The van der Waals surface area contributed by atoms with E-state index < -0.39 is 0 Å². The second kappa shape index (κ2) is 5.18. The lowest BCUT2D eigenvalue weighted by Gasteiger charge is -2.19. The van der Waals surface area contributed by atoms with Crippen LogP contribution < -0.4 is 0 Å². The van der Waals surface area contributed by atoms with Crippen molar-refractivity contribution in [2.24, 2.45) is 5.41 Å². The quantitative estimate of drug-likeness (QED) is 0.590. The molecule has 0 heteroatoms. The largest absolute Gasteiger partial charge is 0.0706 e. The van der Waals surface area contributed by atoms with Crippen LogP contribution in [0.2, 0.25) is 0 Å². The van der Waals surface area contributed by atoms with E-state index in [1.165, 1.54) is 33.4 Å². The summed E-state index contributed by atoms with van der Waals surface area (Å²) in [6, 6.07) is 15.8. The zero-order valence-corrected chi connectivity index (χ0v) is 13.5. The third-order valence-electron chi connectivity index (χ3n) is 4.10. The molecule has 0 N–H and O–H groups in total. The van der Waals surface area contributed by atoms with Crippen LogP contribution in [-0.4, -0.2) is 0 Å². The van der Waals surface area contributed by atoms with Gasteiger partial charge < -0.3 is 0 Å². The van der Waals surface area contributed by atoms with E-state index in [0.29, 0.717) is 0 Å². The van der Waals surface area contributed by atoms with Crippen LogP contribution in [0.3, 0.4) is 0 Å². The molecule has 21 heavy (non-hydrogen) atoms. The number of hydrogen-bond acceptors (Lipinski definition) is 0. The van der Waals surface area contributed by atoms with Gasteiger partial charge in [0.2, 0.25) is 0 Å². The van der Waals surface area contributed by atoms with Gasteiger partial charge in [-0.2, -0.15) is 0 Å². The first kappa shape index (κ1) is 14.1. The van der Waals surface area contributed by atoms with Gasteiger partial charge in [-0.1, -0.05) is 74.9 Å². The highest BCUT2D eigenvalue weighted by molar-refractivity contribution is 5.84. The van der Waals surface area contributed by atoms with Gasteiger partial charge in [-0.15, -0.1) is 0 Å². The lowest BCUT2D eigenvalue weighted by Crippen LogP contribution is -2.03. The molecule has 0 saturated carbocycles. The lowest BCUT2D eigenvalue weighted by molar-refractivity contribution is 0.546. The molecule has 0 atom stereocenters. The Labute approximate surface area is 128 Å². The molecule has 0 saturated heterocycles. The van der Waals surface area contributed by atoms with Gasteiger partial charge in [0.05, 0.1) is 0 Å². The second-order valence-electron chi connectivity index (χ2n) is 7.24. The fraction of sp³-hybridized carbons (Fsp3) is 0.333. The molecule has 0 heterocycles. The van der Waals surface area contributed by atoms with Gasteiger partial charge in [0.15, 0.2) is 0 Å². The van der Waals surface area contributed by atoms with E-state index in [-0.39, 0.29) is 5.41 Å². The molecular weight excluding hydrogens is 252 g/mol. The van der Waals surface area contributed by atoms with Crippen LogP contribution >= 0.6 is 0 Å². The average molecular weight is 276 g/mol. The van der Waals surface area contributed by atoms with Crippen molar-refractivity contribution in [2.45, 2.75) is 40.5 Å². The van der Waals surface area contributed by atoms with Gasteiger partial charge in [0, 0.05) is 0 Å². The van der Waals surface area contributed by atoms with Crippen molar-refractivity contribution in [3.8, 4) is 0 Å². The maximum Gasteiger partial charge on any atom is -0.0140 e. The predicted molar refractivity (Wildman–Crippen MR) is 91.6 cm³/mol. The van der Waals surface area contributed by atoms with Crippen LogP contribution in [-0.2, 0) is 12.8 Å². The molecular formula is C21H24. The highest BCUT2D eigenvalue weighted by atomic mass is 14.2. The van der Waals surface area contributed by atoms with Crippen molar-refractivity contribution in [3.63, 3.8) is 0 Å². The van der Waals surface area contributed by atoms with E-state index in [1.54, 1.807) is 0 Å². The van der Waals surface area contributed by atoms with Crippen LogP contribution in [0.1, 0.15) is 48.6 Å². The maximum absolute atomic E-state index is 2.44. The number of allylic oxidation sites excluding steroid dienone is 1. The Kier molecular flexibility index (Phi) is 3.49. The third-order valence-corrected chi connectivity index (χ3v) is 4.10. The van der Waals surface area contributed by atoms with Gasteiger partial charge in [0.1, 0.15) is 0 Å². The molecule has 2 aromatic carbocycles. The summed E-state index contributed by atoms with van der Waals surface area (Å²) in [5, 5.41) is 0. The Bertz CT molecular complexity index is 696. The number of hydrogen-bond donors (Lipinski definition) is 0. The molecule has 3 rings (SSSR count). The SMILES string of the molecule is Cc1ccc2c(c1)/C(=C/C(C)(C)C)c1ccccc1CC2. The molecule has 108 valence electrons. The van der Waals surface area contributed by atoms with Crippen LogP contribution in [0.5, 0.6) is 0 Å². The molecule has 0 fully saturated rings. The molecule has 0 nitrogen and oxygen atoms in total. The Morgan fingerprint density at radius 1 is 0.857 bits per heavy atom. The molecule has 1 aliphatic carbocycles. The van der Waals surface area contributed by atoms with Crippen molar-refractivity contribution in [1.29, 1.82) is 0 Å². The minimum atomic E-state index is 0.174. The fourth-order valence-electron chi connectivity index (χ4n) is 3.16. The first-order chi connectivity index (χ1) is 9.94. The van der Waals surface area contributed by atoms with E-state index >= 15 is 0 Å². The summed E-state index contributed by atoms with van der Waals surface area (Å²) in [5.41, 5.74) is 8.72. The molecule has 0 aliphatic heterocycles. The normalized spacial score (nSPS) is 16.3. The zero-order valence-electron chi connectivity index (χ0n) is 13.5. The first-order valence-electron chi connectivity index (χ1n) is 7.85. The highest BCUT2D eigenvalue weighted by Crippen LogP contribution is 2.36. The van der Waals surface area contributed by atoms with Crippen LogP contribution in [0, 0.1) is 12.3 Å². The van der Waals surface area contributed by atoms with Gasteiger partial charge in [-0.25, -0.2) is 0 Å². The van der Waals surface area contributed by atoms with Gasteiger partial charge in [0.25, 0.3) is 0 Å². The van der Waals surface area contributed by atoms with Crippen molar-refractivity contribution in [2.75, 3.05) is 0 Å². The summed E-state index contributed by atoms with van der Waals surface area (Å²) in [5.74, 6) is 0. The van der Waals surface area contributed by atoms with Crippen LogP contribution in [0.15, 0.2) is 48.5 Å². The summed E-state index contributed by atoms with van der Waals surface area (Å²) >= 11 is 0. The molecule has 1 aliphatic rings. The third kappa shape index (κ3) is 2.95. The molecule has 0 aromatic heterocycles. The zero-order chi connectivity index (χ0) is 15.0. The number of fused-ring (bicyclic) bond motifs is 2. The van der Waals surface area contributed by atoms with Crippen molar-refractivity contribution < 1.29 is 0 Å². The van der Waals surface area contributed by atoms with Crippen LogP contribution in [0.25, 0.3) is 5.57 Å². The second-order valence-corrected chi connectivity index (χ2v) is 7.24. The summed E-state index contributed by atoms with van der Waals surface area (Å²) < 4.78 is 0. The average Bonchev–Trinajstić information content (AvgIpc) is 2.56. The highest BCUT2D eigenvalue weighted by Gasteiger charge is 2.20. The first-order valence-corrected chi connectivity index (χ1v) is 7.85. The molecule has 0 bridgehead atoms. The predicted octanol–water partition coefficient (Wildman–Crippen LogP) is 5.57. The van der Waals surface area contributed by atoms with E-state index in [0.717, 1.165) is 12.8 Å². The Morgan fingerprint density at radius 2 is 1.52 bits per heavy atom. The number of rotatable bonds is 0. The monoisotopic (exact) mass is 276 g/mol. The summed E-state index contributed by atoms with van der Waals surface area (Å²) in [6.07, 6.45) is 4.71. The van der Waals surface area contributed by atoms with E-state index in [2.05, 4.69) is 76.2 Å². The summed E-state index contributed by atoms with van der Waals surface area (Å²) in [6.45, 7) is 9.03. The number of benzene rings is 2. The van der Waals surface area contributed by atoms with Gasteiger partial charge >= 0.3 is 0 Å². The molecule has 0 amide bonds. The fourth-order valence-corrected chi connectivity index (χ4v) is 3.16. The molecule has 0 unspecified atom stereocenters. The summed E-state index contributed by atoms with van der Waals surface area (Å²) in [4.78, 5) is 0. The Balaban J connectivity index is 2.29. The smallest absolute Gasteiger partial charge is 0.0140 e. The Hall–Kier alpha value is -1.82. The van der Waals surface area contributed by atoms with Gasteiger partial charge in [-0.05, 0) is 53.0 Å². The van der Waals surface area contributed by atoms with E-state index in [4.69, 9.17) is 0 Å². The van der Waals surface area contributed by atoms with E-state index in [9.17, 15) is 0 Å². The molecule has 0 radical (unpaired) electrons. The Morgan fingerprint density at radius 3 is 2.24 bits per heavy atom. The molecule has 2 aromatic rings. The van der Waals surface area contributed by atoms with Crippen molar-refractivity contribution in [3.05, 3.63) is 76.4 Å².